The third kappa shape index (κ3) is 6.05. The number of para-hydroxylation sites is 1. The van der Waals surface area contributed by atoms with Gasteiger partial charge in [-0.2, -0.15) is 4.98 Å². The Morgan fingerprint density at radius 2 is 1.86 bits per heavy atom. The lowest BCUT2D eigenvalue weighted by Gasteiger charge is -2.13. The standard InChI is InChI=1S/C20H18ClN3O5/c1-13(22-17(25)11-27-16-5-3-2-4-6-16)20(26)28-12-18-23-19(24-29-18)14-7-9-15(21)10-8-14/h2-10,13H,11-12H2,1H3,(H,22,25)/t13-/m0/s1. The van der Waals surface area contributed by atoms with Gasteiger partial charge in [0.2, 0.25) is 5.82 Å². The van der Waals surface area contributed by atoms with Gasteiger partial charge in [-0.15, -0.1) is 0 Å². The van der Waals surface area contributed by atoms with E-state index in [4.69, 9.17) is 25.6 Å². The minimum atomic E-state index is -0.861. The predicted octanol–water partition coefficient (Wildman–Crippen LogP) is 3.02. The lowest BCUT2D eigenvalue weighted by atomic mass is 10.2. The molecule has 0 aliphatic heterocycles. The van der Waals surface area contributed by atoms with E-state index in [9.17, 15) is 9.59 Å². The monoisotopic (exact) mass is 415 g/mol. The van der Waals surface area contributed by atoms with Crippen LogP contribution in [0.15, 0.2) is 59.1 Å². The van der Waals surface area contributed by atoms with E-state index in [1.165, 1.54) is 6.92 Å². The van der Waals surface area contributed by atoms with Crippen LogP contribution < -0.4 is 10.1 Å². The minimum absolute atomic E-state index is 0.134. The van der Waals surface area contributed by atoms with E-state index < -0.39 is 17.9 Å². The molecule has 2 aromatic carbocycles. The zero-order chi connectivity index (χ0) is 20.6. The molecule has 29 heavy (non-hydrogen) atoms. The van der Waals surface area contributed by atoms with E-state index in [2.05, 4.69) is 15.5 Å². The lowest BCUT2D eigenvalue weighted by molar-refractivity contribution is -0.149. The van der Waals surface area contributed by atoms with Crippen molar-refractivity contribution < 1.29 is 23.6 Å². The third-order valence-corrected chi connectivity index (χ3v) is 4.00. The fraction of sp³-hybridized carbons (Fsp3) is 0.200. The summed E-state index contributed by atoms with van der Waals surface area (Å²) in [5.74, 6) is -0.0300. The van der Waals surface area contributed by atoms with Crippen LogP contribution in [0.2, 0.25) is 5.02 Å². The molecule has 3 aromatic rings. The molecule has 0 saturated carbocycles. The first-order chi connectivity index (χ1) is 14.0. The highest BCUT2D eigenvalue weighted by Crippen LogP contribution is 2.18. The van der Waals surface area contributed by atoms with Gasteiger partial charge in [0, 0.05) is 10.6 Å². The van der Waals surface area contributed by atoms with Crippen LogP contribution in [-0.2, 0) is 20.9 Å². The van der Waals surface area contributed by atoms with Crippen LogP contribution in [0.5, 0.6) is 5.75 Å². The zero-order valence-electron chi connectivity index (χ0n) is 15.5. The Morgan fingerprint density at radius 3 is 2.59 bits per heavy atom. The fourth-order valence-corrected chi connectivity index (χ4v) is 2.42. The summed E-state index contributed by atoms with van der Waals surface area (Å²) in [7, 11) is 0. The number of rotatable bonds is 8. The smallest absolute Gasteiger partial charge is 0.328 e. The van der Waals surface area contributed by atoms with Gasteiger partial charge < -0.3 is 19.3 Å². The molecular formula is C20H18ClN3O5. The predicted molar refractivity (Wildman–Crippen MR) is 104 cm³/mol. The Bertz CT molecular complexity index is 960. The summed E-state index contributed by atoms with van der Waals surface area (Å²) >= 11 is 5.85. The Labute approximate surface area is 171 Å². The maximum atomic E-state index is 12.1. The van der Waals surface area contributed by atoms with Crippen LogP contribution in [0.25, 0.3) is 11.4 Å². The highest BCUT2D eigenvalue weighted by atomic mass is 35.5. The number of hydrogen-bond donors (Lipinski definition) is 1. The molecule has 1 atom stereocenters. The molecule has 0 aliphatic rings. The molecule has 0 spiro atoms. The summed E-state index contributed by atoms with van der Waals surface area (Å²) in [5.41, 5.74) is 0.717. The van der Waals surface area contributed by atoms with E-state index in [-0.39, 0.29) is 19.1 Å². The van der Waals surface area contributed by atoms with Crippen molar-refractivity contribution in [2.45, 2.75) is 19.6 Å². The Kier molecular flexibility index (Phi) is 6.80. The zero-order valence-corrected chi connectivity index (χ0v) is 16.3. The minimum Gasteiger partial charge on any atom is -0.484 e. The summed E-state index contributed by atoms with van der Waals surface area (Å²) in [5, 5.41) is 6.93. The van der Waals surface area contributed by atoms with Crippen molar-refractivity contribution >= 4 is 23.5 Å². The van der Waals surface area contributed by atoms with Crippen LogP contribution in [0.1, 0.15) is 12.8 Å². The molecule has 150 valence electrons. The number of aromatic nitrogens is 2. The average molecular weight is 416 g/mol. The van der Waals surface area contributed by atoms with Crippen LogP contribution in [0.4, 0.5) is 0 Å². The molecule has 0 unspecified atom stereocenters. The summed E-state index contributed by atoms with van der Waals surface area (Å²) in [6.07, 6.45) is 0. The summed E-state index contributed by atoms with van der Waals surface area (Å²) < 4.78 is 15.5. The number of hydrogen-bond acceptors (Lipinski definition) is 7. The Morgan fingerprint density at radius 1 is 1.14 bits per heavy atom. The molecule has 1 amide bonds. The van der Waals surface area contributed by atoms with Crippen molar-refractivity contribution in [1.82, 2.24) is 15.5 Å². The van der Waals surface area contributed by atoms with E-state index in [1.807, 2.05) is 6.07 Å². The second-order valence-corrected chi connectivity index (χ2v) is 6.45. The maximum absolute atomic E-state index is 12.1. The summed E-state index contributed by atoms with van der Waals surface area (Å²) in [4.78, 5) is 28.1. The highest BCUT2D eigenvalue weighted by molar-refractivity contribution is 6.30. The SMILES string of the molecule is C[C@H](NC(=O)COc1ccccc1)C(=O)OCc1nc(-c2ccc(Cl)cc2)no1. The van der Waals surface area contributed by atoms with Crippen molar-refractivity contribution in [3.63, 3.8) is 0 Å². The molecule has 0 radical (unpaired) electrons. The number of nitrogens with one attached hydrogen (secondary N) is 1. The number of amides is 1. The van der Waals surface area contributed by atoms with Crippen molar-refractivity contribution in [2.24, 2.45) is 0 Å². The van der Waals surface area contributed by atoms with Crippen LogP contribution in [-0.4, -0.2) is 34.7 Å². The molecule has 0 fully saturated rings. The van der Waals surface area contributed by atoms with E-state index in [0.717, 1.165) is 5.56 Å². The van der Waals surface area contributed by atoms with E-state index >= 15 is 0 Å². The van der Waals surface area contributed by atoms with E-state index in [0.29, 0.717) is 16.6 Å². The molecule has 1 heterocycles. The first-order valence-corrected chi connectivity index (χ1v) is 9.11. The molecule has 0 saturated heterocycles. The van der Waals surface area contributed by atoms with Gasteiger partial charge in [0.05, 0.1) is 0 Å². The molecule has 0 bridgehead atoms. The number of nitrogens with zero attached hydrogens (tertiary/aromatic N) is 2. The molecule has 3 rings (SSSR count). The first-order valence-electron chi connectivity index (χ1n) is 8.73. The topological polar surface area (TPSA) is 104 Å². The number of carbonyl (C=O) groups excluding carboxylic acids is 2. The fourth-order valence-electron chi connectivity index (χ4n) is 2.30. The normalized spacial score (nSPS) is 11.5. The van der Waals surface area contributed by atoms with Gasteiger partial charge in [0.1, 0.15) is 11.8 Å². The van der Waals surface area contributed by atoms with Gasteiger partial charge in [0.15, 0.2) is 13.2 Å². The van der Waals surface area contributed by atoms with Crippen LogP contribution in [0.3, 0.4) is 0 Å². The van der Waals surface area contributed by atoms with Gasteiger partial charge in [-0.05, 0) is 43.3 Å². The van der Waals surface area contributed by atoms with Gasteiger partial charge >= 0.3 is 5.97 Å². The number of esters is 1. The van der Waals surface area contributed by atoms with Crippen LogP contribution >= 0.6 is 11.6 Å². The number of benzene rings is 2. The molecule has 1 N–H and O–H groups in total. The van der Waals surface area contributed by atoms with Crippen molar-refractivity contribution in [2.75, 3.05) is 6.61 Å². The second-order valence-electron chi connectivity index (χ2n) is 6.02. The molecule has 8 nitrogen and oxygen atoms in total. The summed E-state index contributed by atoms with van der Waals surface area (Å²) in [6, 6.07) is 14.9. The second kappa shape index (κ2) is 9.70. The van der Waals surface area contributed by atoms with Crippen LogP contribution in [0, 0.1) is 0 Å². The maximum Gasteiger partial charge on any atom is 0.328 e. The van der Waals surface area contributed by atoms with E-state index in [1.54, 1.807) is 48.5 Å². The highest BCUT2D eigenvalue weighted by Gasteiger charge is 2.19. The Hall–Kier alpha value is -3.39. The summed E-state index contributed by atoms with van der Waals surface area (Å²) in [6.45, 7) is 1.09. The van der Waals surface area contributed by atoms with Crippen molar-refractivity contribution in [3.8, 4) is 17.1 Å². The number of halogens is 1. The molecule has 0 aliphatic carbocycles. The quantitative estimate of drug-likeness (QED) is 0.564. The lowest BCUT2D eigenvalue weighted by Crippen LogP contribution is -2.41. The Balaban J connectivity index is 1.44. The third-order valence-electron chi connectivity index (χ3n) is 3.75. The van der Waals surface area contributed by atoms with Crippen molar-refractivity contribution in [3.05, 3.63) is 65.5 Å². The first kappa shape index (κ1) is 20.3. The number of carbonyl (C=O) groups is 2. The average Bonchev–Trinajstić information content (AvgIpc) is 3.21. The largest absolute Gasteiger partial charge is 0.484 e. The van der Waals surface area contributed by atoms with Gasteiger partial charge in [-0.3, -0.25) is 4.79 Å². The molecule has 1 aromatic heterocycles. The molecular weight excluding hydrogens is 398 g/mol. The number of ether oxygens (including phenoxy) is 2. The van der Waals surface area contributed by atoms with Gasteiger partial charge in [0.25, 0.3) is 11.8 Å². The van der Waals surface area contributed by atoms with Crippen molar-refractivity contribution in [1.29, 1.82) is 0 Å². The van der Waals surface area contributed by atoms with Gasteiger partial charge in [-0.25, -0.2) is 4.79 Å². The van der Waals surface area contributed by atoms with Gasteiger partial charge in [-0.1, -0.05) is 35.0 Å². The molecule has 9 heteroatoms.